The number of rotatable bonds is 1. The van der Waals surface area contributed by atoms with Crippen molar-refractivity contribution in [1.29, 1.82) is 0 Å². The number of hydrogen-bond acceptors (Lipinski definition) is 3. The first-order valence-electron chi connectivity index (χ1n) is 3.56. The molecular weight excluding hydrogens is 162 g/mol. The summed E-state index contributed by atoms with van der Waals surface area (Å²) in [7, 11) is 1.86. The highest BCUT2D eigenvalue weighted by molar-refractivity contribution is 8.00. The fraction of sp³-hybridized carbons (Fsp3) is 0.857. The number of carboxylic acid groups (broad SMARTS) is 1. The van der Waals surface area contributed by atoms with E-state index in [1.54, 1.807) is 18.7 Å². The van der Waals surface area contributed by atoms with Crippen LogP contribution in [0.25, 0.3) is 0 Å². The second-order valence-corrected chi connectivity index (χ2v) is 4.40. The van der Waals surface area contributed by atoms with E-state index in [4.69, 9.17) is 5.11 Å². The lowest BCUT2D eigenvalue weighted by Gasteiger charge is -2.28. The lowest BCUT2D eigenvalue weighted by atomic mass is 10.0. The first-order valence-corrected chi connectivity index (χ1v) is 4.61. The fourth-order valence-corrected chi connectivity index (χ4v) is 2.46. The van der Waals surface area contributed by atoms with Crippen LogP contribution in [-0.2, 0) is 4.79 Å². The minimum Gasteiger partial charge on any atom is -0.480 e. The van der Waals surface area contributed by atoms with Crippen LogP contribution < -0.4 is 0 Å². The van der Waals surface area contributed by atoms with Gasteiger partial charge in [-0.2, -0.15) is 0 Å². The van der Waals surface area contributed by atoms with E-state index in [-0.39, 0.29) is 0 Å². The molecule has 1 heterocycles. The van der Waals surface area contributed by atoms with Crippen molar-refractivity contribution >= 4 is 17.7 Å². The second kappa shape index (κ2) is 2.68. The van der Waals surface area contributed by atoms with Gasteiger partial charge in [0.1, 0.15) is 5.54 Å². The second-order valence-electron chi connectivity index (χ2n) is 3.10. The molecule has 0 radical (unpaired) electrons. The Kier molecular flexibility index (Phi) is 2.16. The molecule has 1 fully saturated rings. The summed E-state index contributed by atoms with van der Waals surface area (Å²) in [5.41, 5.74) is -0.663. The van der Waals surface area contributed by atoms with Gasteiger partial charge in [0.2, 0.25) is 0 Å². The van der Waals surface area contributed by atoms with E-state index in [1.165, 1.54) is 0 Å². The zero-order chi connectivity index (χ0) is 8.65. The van der Waals surface area contributed by atoms with Crippen molar-refractivity contribution < 1.29 is 9.90 Å². The van der Waals surface area contributed by atoms with E-state index in [0.29, 0.717) is 11.1 Å². The van der Waals surface area contributed by atoms with Gasteiger partial charge in [-0.1, -0.05) is 0 Å². The number of likely N-dealkylation sites (N-methyl/N-ethyl adjacent to an activating group) is 1. The Labute approximate surface area is 70.8 Å². The largest absolute Gasteiger partial charge is 0.480 e. The SMILES string of the molecule is C[C@@H]1SC[C@](C)(C(=O)O)N1C. The maximum absolute atomic E-state index is 10.8. The summed E-state index contributed by atoms with van der Waals surface area (Å²) in [6.07, 6.45) is 0. The highest BCUT2D eigenvalue weighted by Crippen LogP contribution is 2.34. The molecule has 0 amide bonds. The van der Waals surface area contributed by atoms with Crippen molar-refractivity contribution in [2.75, 3.05) is 12.8 Å². The predicted octanol–water partition coefficient (Wildman–Crippen LogP) is 0.854. The molecule has 4 heteroatoms. The molecule has 0 saturated carbocycles. The molecule has 1 rings (SSSR count). The Morgan fingerprint density at radius 3 is 2.55 bits per heavy atom. The maximum Gasteiger partial charge on any atom is 0.324 e. The molecule has 0 aromatic heterocycles. The molecule has 0 unspecified atom stereocenters. The molecule has 3 nitrogen and oxygen atoms in total. The van der Waals surface area contributed by atoms with Crippen LogP contribution in [0.15, 0.2) is 0 Å². The average molecular weight is 175 g/mol. The van der Waals surface area contributed by atoms with Crippen molar-refractivity contribution in [2.45, 2.75) is 24.8 Å². The average Bonchev–Trinajstić information content (AvgIpc) is 2.18. The Hall–Kier alpha value is -0.220. The molecule has 0 spiro atoms. The van der Waals surface area contributed by atoms with Crippen molar-refractivity contribution in [1.82, 2.24) is 4.90 Å². The molecule has 0 aromatic carbocycles. The van der Waals surface area contributed by atoms with E-state index in [1.807, 2.05) is 18.9 Å². The first kappa shape index (κ1) is 8.87. The van der Waals surface area contributed by atoms with Gasteiger partial charge >= 0.3 is 5.97 Å². The lowest BCUT2D eigenvalue weighted by Crippen LogP contribution is -2.49. The third-order valence-electron chi connectivity index (χ3n) is 2.39. The molecule has 1 N–H and O–H groups in total. The van der Waals surface area contributed by atoms with Crippen LogP contribution in [0.2, 0.25) is 0 Å². The van der Waals surface area contributed by atoms with Gasteiger partial charge in [0.15, 0.2) is 0 Å². The molecule has 0 aliphatic carbocycles. The quantitative estimate of drug-likeness (QED) is 0.641. The molecule has 0 aromatic rings. The number of carbonyl (C=O) groups is 1. The normalized spacial score (nSPS) is 39.4. The van der Waals surface area contributed by atoms with Crippen LogP contribution in [-0.4, -0.2) is 39.7 Å². The van der Waals surface area contributed by atoms with Crippen molar-refractivity contribution in [3.05, 3.63) is 0 Å². The fourth-order valence-electron chi connectivity index (χ4n) is 1.11. The highest BCUT2D eigenvalue weighted by atomic mass is 32.2. The Balaban J connectivity index is 2.81. The maximum atomic E-state index is 10.8. The highest BCUT2D eigenvalue weighted by Gasteiger charge is 2.45. The summed E-state index contributed by atoms with van der Waals surface area (Å²) in [6.45, 7) is 3.80. The van der Waals surface area contributed by atoms with Crippen molar-refractivity contribution in [3.63, 3.8) is 0 Å². The monoisotopic (exact) mass is 175 g/mol. The summed E-state index contributed by atoms with van der Waals surface area (Å²) < 4.78 is 0. The van der Waals surface area contributed by atoms with Crippen molar-refractivity contribution in [2.24, 2.45) is 0 Å². The Bertz CT molecular complexity index is 185. The molecular formula is C7H13NO2S. The number of carboxylic acids is 1. The summed E-state index contributed by atoms with van der Waals surface area (Å²) in [4.78, 5) is 12.7. The van der Waals surface area contributed by atoms with Gasteiger partial charge in [-0.25, -0.2) is 0 Å². The molecule has 11 heavy (non-hydrogen) atoms. The van der Waals surface area contributed by atoms with Gasteiger partial charge in [0.05, 0.1) is 5.37 Å². The van der Waals surface area contributed by atoms with Crippen LogP contribution in [0.1, 0.15) is 13.8 Å². The smallest absolute Gasteiger partial charge is 0.324 e. The van der Waals surface area contributed by atoms with E-state index < -0.39 is 11.5 Å². The molecule has 1 saturated heterocycles. The summed E-state index contributed by atoms with van der Waals surface area (Å²) >= 11 is 1.69. The number of nitrogens with zero attached hydrogens (tertiary/aromatic N) is 1. The van der Waals surface area contributed by atoms with E-state index in [0.717, 1.165) is 0 Å². The minimum absolute atomic E-state index is 0.316. The van der Waals surface area contributed by atoms with E-state index in [2.05, 4.69) is 0 Å². The summed E-state index contributed by atoms with van der Waals surface area (Å²) in [5.74, 6) is -0.0446. The van der Waals surface area contributed by atoms with Crippen LogP contribution >= 0.6 is 11.8 Å². The summed E-state index contributed by atoms with van der Waals surface area (Å²) in [6, 6.07) is 0. The molecule has 1 aliphatic rings. The number of aliphatic carboxylic acids is 1. The lowest BCUT2D eigenvalue weighted by molar-refractivity contribution is -0.147. The van der Waals surface area contributed by atoms with Gasteiger partial charge in [-0.15, -0.1) is 11.8 Å². The standard InChI is InChI=1S/C7H13NO2S/c1-5-8(3)7(2,4-11-5)6(9)10/h5H,4H2,1-3H3,(H,9,10)/t5-,7+/m0/s1. The Morgan fingerprint density at radius 2 is 2.36 bits per heavy atom. The number of thioether (sulfide) groups is 1. The van der Waals surface area contributed by atoms with Crippen LogP contribution in [0.3, 0.4) is 0 Å². The Morgan fingerprint density at radius 1 is 1.82 bits per heavy atom. The van der Waals surface area contributed by atoms with E-state index >= 15 is 0 Å². The molecule has 64 valence electrons. The third-order valence-corrected chi connectivity index (χ3v) is 3.92. The zero-order valence-electron chi connectivity index (χ0n) is 7.00. The predicted molar refractivity (Wildman–Crippen MR) is 45.7 cm³/mol. The van der Waals surface area contributed by atoms with Gasteiger partial charge in [-0.05, 0) is 20.9 Å². The molecule has 1 aliphatic heterocycles. The summed E-state index contributed by atoms with van der Waals surface area (Å²) in [5, 5.41) is 9.22. The van der Waals surface area contributed by atoms with Crippen LogP contribution in [0.5, 0.6) is 0 Å². The molecule has 2 atom stereocenters. The van der Waals surface area contributed by atoms with Gasteiger partial charge in [0, 0.05) is 5.75 Å². The van der Waals surface area contributed by atoms with Crippen molar-refractivity contribution in [3.8, 4) is 0 Å². The topological polar surface area (TPSA) is 40.5 Å². The van der Waals surface area contributed by atoms with Crippen LogP contribution in [0, 0.1) is 0 Å². The van der Waals surface area contributed by atoms with Gasteiger partial charge in [0.25, 0.3) is 0 Å². The molecule has 0 bridgehead atoms. The first-order chi connectivity index (χ1) is 4.98. The number of hydrogen-bond donors (Lipinski definition) is 1. The minimum atomic E-state index is -0.725. The zero-order valence-corrected chi connectivity index (χ0v) is 7.81. The van der Waals surface area contributed by atoms with Gasteiger partial charge in [-0.3, -0.25) is 9.69 Å². The van der Waals surface area contributed by atoms with Gasteiger partial charge < -0.3 is 5.11 Å². The van der Waals surface area contributed by atoms with Crippen LogP contribution in [0.4, 0.5) is 0 Å². The third kappa shape index (κ3) is 1.25. The van der Waals surface area contributed by atoms with E-state index in [9.17, 15) is 4.79 Å².